The molecule has 0 amide bonds. The molecule has 0 aliphatic heterocycles. The van der Waals surface area contributed by atoms with E-state index in [1.54, 1.807) is 23.1 Å². The minimum absolute atomic E-state index is 0.770. The average molecular weight is 349 g/mol. The summed E-state index contributed by atoms with van der Waals surface area (Å²) in [6, 6.07) is 20.2. The van der Waals surface area contributed by atoms with Crippen molar-refractivity contribution in [1.82, 2.24) is 14.6 Å². The van der Waals surface area contributed by atoms with Gasteiger partial charge >= 0.3 is 0 Å². The van der Waals surface area contributed by atoms with Gasteiger partial charge in [0.1, 0.15) is 11.3 Å². The molecule has 0 saturated heterocycles. The van der Waals surface area contributed by atoms with Gasteiger partial charge in [-0.05, 0) is 24.3 Å². The van der Waals surface area contributed by atoms with Gasteiger partial charge in [0.25, 0.3) is 0 Å². The predicted octanol–water partition coefficient (Wildman–Crippen LogP) is 5.36. The van der Waals surface area contributed by atoms with Crippen LogP contribution in [0.5, 0.6) is 0 Å². The van der Waals surface area contributed by atoms with Crippen molar-refractivity contribution in [2.75, 3.05) is 0 Å². The van der Waals surface area contributed by atoms with Gasteiger partial charge in [-0.3, -0.25) is 0 Å². The van der Waals surface area contributed by atoms with E-state index >= 15 is 0 Å². The fourth-order valence-corrected chi connectivity index (χ4v) is 4.46. The third-order valence-electron chi connectivity index (χ3n) is 3.65. The van der Waals surface area contributed by atoms with Gasteiger partial charge in [0.2, 0.25) is 4.96 Å². The maximum absolute atomic E-state index is 5.87. The second-order valence-electron chi connectivity index (χ2n) is 5.28. The molecule has 6 heteroatoms. The van der Waals surface area contributed by atoms with E-state index < -0.39 is 0 Å². The number of furan rings is 1. The highest BCUT2D eigenvalue weighted by atomic mass is 32.2. The molecule has 2 aromatic carbocycles. The Labute approximate surface area is 145 Å². The number of para-hydroxylation sites is 1. The van der Waals surface area contributed by atoms with Crippen LogP contribution in [0.1, 0.15) is 0 Å². The maximum atomic E-state index is 5.87. The third-order valence-corrected chi connectivity index (χ3v) is 5.63. The van der Waals surface area contributed by atoms with Gasteiger partial charge in [0, 0.05) is 10.3 Å². The van der Waals surface area contributed by atoms with Crippen molar-refractivity contribution in [1.29, 1.82) is 0 Å². The smallest absolute Gasteiger partial charge is 0.213 e. The summed E-state index contributed by atoms with van der Waals surface area (Å²) in [6.45, 7) is 0. The van der Waals surface area contributed by atoms with Gasteiger partial charge in [-0.15, -0.1) is 5.10 Å². The van der Waals surface area contributed by atoms with Crippen LogP contribution in [0.25, 0.3) is 27.4 Å². The zero-order valence-corrected chi connectivity index (χ0v) is 14.1. The van der Waals surface area contributed by atoms with Gasteiger partial charge < -0.3 is 4.42 Å². The van der Waals surface area contributed by atoms with E-state index in [1.807, 2.05) is 59.2 Å². The highest BCUT2D eigenvalue weighted by Crippen LogP contribution is 2.33. The minimum Gasteiger partial charge on any atom is -0.454 e. The quantitative estimate of drug-likeness (QED) is 0.440. The number of imidazole rings is 1. The van der Waals surface area contributed by atoms with Crippen molar-refractivity contribution in [3.63, 3.8) is 0 Å². The van der Waals surface area contributed by atoms with Crippen LogP contribution in [0.3, 0.4) is 0 Å². The number of hydrogen-bond acceptors (Lipinski definition) is 5. The zero-order valence-electron chi connectivity index (χ0n) is 12.4. The van der Waals surface area contributed by atoms with Gasteiger partial charge in [0.15, 0.2) is 10.1 Å². The maximum Gasteiger partial charge on any atom is 0.213 e. The second kappa shape index (κ2) is 5.51. The van der Waals surface area contributed by atoms with Gasteiger partial charge in [-0.25, -0.2) is 9.50 Å². The first-order valence-corrected chi connectivity index (χ1v) is 9.06. The number of nitrogens with zero attached hydrogens (tertiary/aromatic N) is 3. The summed E-state index contributed by atoms with van der Waals surface area (Å²) < 4.78 is 8.66. The number of hydrogen-bond donors (Lipinski definition) is 0. The molecule has 24 heavy (non-hydrogen) atoms. The Balaban J connectivity index is 1.49. The van der Waals surface area contributed by atoms with Crippen LogP contribution in [-0.2, 0) is 0 Å². The van der Waals surface area contributed by atoms with E-state index in [-0.39, 0.29) is 0 Å². The topological polar surface area (TPSA) is 43.3 Å². The van der Waals surface area contributed by atoms with Crippen LogP contribution in [0.15, 0.2) is 80.5 Å². The lowest BCUT2D eigenvalue weighted by Gasteiger charge is -1.94. The number of fused-ring (bicyclic) bond motifs is 2. The minimum atomic E-state index is 0.770. The van der Waals surface area contributed by atoms with Crippen LogP contribution in [-0.4, -0.2) is 14.6 Å². The normalized spacial score (nSPS) is 11.5. The SMILES string of the molecule is c1ccc(Sc2nn3cc(-c4cc5ccccc5o4)nc3s2)cc1. The van der Waals surface area contributed by atoms with Crippen LogP contribution in [0.4, 0.5) is 0 Å². The average Bonchev–Trinajstić information content (AvgIpc) is 3.27. The monoisotopic (exact) mass is 349 g/mol. The van der Waals surface area contributed by atoms with Crippen LogP contribution in [0.2, 0.25) is 0 Å². The predicted molar refractivity (Wildman–Crippen MR) is 96.6 cm³/mol. The van der Waals surface area contributed by atoms with Crippen LogP contribution >= 0.6 is 23.1 Å². The Morgan fingerprint density at radius 1 is 1.00 bits per heavy atom. The molecule has 0 N–H and O–H groups in total. The lowest BCUT2D eigenvalue weighted by atomic mass is 10.2. The molecule has 116 valence electrons. The van der Waals surface area contributed by atoms with E-state index in [0.717, 1.165) is 31.7 Å². The van der Waals surface area contributed by atoms with Crippen molar-refractivity contribution < 1.29 is 4.42 Å². The lowest BCUT2D eigenvalue weighted by molar-refractivity contribution is 0.629. The Morgan fingerprint density at radius 2 is 1.83 bits per heavy atom. The van der Waals surface area contributed by atoms with Crippen molar-refractivity contribution in [2.24, 2.45) is 0 Å². The molecule has 0 bridgehead atoms. The summed E-state index contributed by atoms with van der Waals surface area (Å²) in [5.41, 5.74) is 1.68. The first-order chi connectivity index (χ1) is 11.8. The molecular weight excluding hydrogens is 338 g/mol. The molecule has 0 unspecified atom stereocenters. The number of aromatic nitrogens is 3. The van der Waals surface area contributed by atoms with Gasteiger partial charge in [0.05, 0.1) is 6.20 Å². The summed E-state index contributed by atoms with van der Waals surface area (Å²) in [5.74, 6) is 0.770. The van der Waals surface area contributed by atoms with Crippen LogP contribution < -0.4 is 0 Å². The van der Waals surface area contributed by atoms with E-state index in [9.17, 15) is 0 Å². The molecule has 5 aromatic rings. The zero-order chi connectivity index (χ0) is 15.9. The largest absolute Gasteiger partial charge is 0.454 e. The van der Waals surface area contributed by atoms with E-state index in [2.05, 4.69) is 22.2 Å². The Bertz CT molecular complexity index is 1080. The van der Waals surface area contributed by atoms with Crippen molar-refractivity contribution >= 4 is 39.0 Å². The fraction of sp³-hybridized carbons (Fsp3) is 0. The Morgan fingerprint density at radius 3 is 2.67 bits per heavy atom. The lowest BCUT2D eigenvalue weighted by Crippen LogP contribution is -1.80. The number of benzene rings is 2. The first kappa shape index (κ1) is 13.8. The van der Waals surface area contributed by atoms with Crippen LogP contribution in [0, 0.1) is 0 Å². The molecule has 5 rings (SSSR count). The van der Waals surface area contributed by atoms with Crippen molar-refractivity contribution in [3.8, 4) is 11.5 Å². The summed E-state index contributed by atoms with van der Waals surface area (Å²) >= 11 is 3.22. The second-order valence-corrected chi connectivity index (χ2v) is 7.56. The Kier molecular flexibility index (Phi) is 3.17. The third kappa shape index (κ3) is 2.40. The molecule has 0 spiro atoms. The molecule has 3 heterocycles. The van der Waals surface area contributed by atoms with Gasteiger partial charge in [-0.1, -0.05) is 59.5 Å². The molecule has 0 aliphatic rings. The highest BCUT2D eigenvalue weighted by molar-refractivity contribution is 8.01. The molecule has 3 aromatic heterocycles. The fourth-order valence-electron chi connectivity index (χ4n) is 2.54. The van der Waals surface area contributed by atoms with E-state index in [0.29, 0.717) is 0 Å². The summed E-state index contributed by atoms with van der Waals surface area (Å²) in [7, 11) is 0. The number of rotatable bonds is 3. The summed E-state index contributed by atoms with van der Waals surface area (Å²) in [4.78, 5) is 6.69. The first-order valence-electron chi connectivity index (χ1n) is 7.43. The summed E-state index contributed by atoms with van der Waals surface area (Å²) in [6.07, 6.45) is 1.92. The Hall–Kier alpha value is -2.57. The van der Waals surface area contributed by atoms with Crippen molar-refractivity contribution in [3.05, 3.63) is 66.9 Å². The standard InChI is InChI=1S/C18H11N3OS2/c1-2-7-13(8-3-1)23-18-20-21-11-14(19-17(21)24-18)16-10-12-6-4-5-9-15(12)22-16/h1-11H. The molecule has 0 aliphatic carbocycles. The molecule has 0 atom stereocenters. The van der Waals surface area contributed by atoms with Crippen molar-refractivity contribution in [2.45, 2.75) is 9.24 Å². The van der Waals surface area contributed by atoms with E-state index in [4.69, 9.17) is 4.42 Å². The highest BCUT2D eigenvalue weighted by Gasteiger charge is 2.13. The molecule has 4 nitrogen and oxygen atoms in total. The molecule has 0 saturated carbocycles. The van der Waals surface area contributed by atoms with E-state index in [1.165, 1.54) is 4.90 Å². The molecular formula is C18H11N3OS2. The molecule has 0 radical (unpaired) electrons. The summed E-state index contributed by atoms with van der Waals surface area (Å²) in [5, 5.41) is 5.68. The van der Waals surface area contributed by atoms with Gasteiger partial charge in [-0.2, -0.15) is 0 Å². The molecule has 0 fully saturated rings.